The summed E-state index contributed by atoms with van der Waals surface area (Å²) in [7, 11) is 0. The Morgan fingerprint density at radius 1 is 1.00 bits per heavy atom. The maximum absolute atomic E-state index is 4.12. The van der Waals surface area contributed by atoms with Gasteiger partial charge in [0.05, 0.1) is 10.4 Å². The molecule has 0 amide bonds. The van der Waals surface area contributed by atoms with E-state index in [1.165, 1.54) is 0 Å². The molecule has 1 N–H and O–H groups in total. The Labute approximate surface area is 108 Å². The van der Waals surface area contributed by atoms with Crippen molar-refractivity contribution in [3.8, 4) is 10.4 Å². The fourth-order valence-corrected chi connectivity index (χ4v) is 2.20. The molecule has 4 nitrogen and oxygen atoms in total. The Morgan fingerprint density at radius 2 is 1.78 bits per heavy atom. The molecule has 3 aromatic rings. The summed E-state index contributed by atoms with van der Waals surface area (Å²) in [6.07, 6.45) is 5.29. The molecule has 88 valence electrons. The van der Waals surface area contributed by atoms with Gasteiger partial charge in [-0.3, -0.25) is 4.98 Å². The van der Waals surface area contributed by atoms with E-state index in [4.69, 9.17) is 0 Å². The number of aromatic nitrogens is 3. The first kappa shape index (κ1) is 10.9. The zero-order valence-corrected chi connectivity index (χ0v) is 10.3. The highest BCUT2D eigenvalue weighted by Crippen LogP contribution is 2.25. The predicted molar refractivity (Wildman–Crippen MR) is 72.9 cm³/mol. The van der Waals surface area contributed by atoms with Gasteiger partial charge in [-0.2, -0.15) is 0 Å². The molecule has 3 rings (SSSR count). The van der Waals surface area contributed by atoms with Gasteiger partial charge in [-0.15, -0.1) is 11.3 Å². The van der Waals surface area contributed by atoms with Crippen molar-refractivity contribution in [2.45, 2.75) is 0 Å². The van der Waals surface area contributed by atoms with Crippen molar-refractivity contribution in [3.05, 3.63) is 54.4 Å². The van der Waals surface area contributed by atoms with Crippen molar-refractivity contribution in [1.82, 2.24) is 15.0 Å². The SMILES string of the molecule is c1cnc(Nc2ccc(-c3cncs3)cc2)nc1. The topological polar surface area (TPSA) is 50.7 Å². The molecular weight excluding hydrogens is 244 g/mol. The smallest absolute Gasteiger partial charge is 0.227 e. The Morgan fingerprint density at radius 3 is 2.44 bits per heavy atom. The van der Waals surface area contributed by atoms with Crippen LogP contribution in [0, 0.1) is 0 Å². The molecule has 1 aromatic carbocycles. The summed E-state index contributed by atoms with van der Waals surface area (Å²) < 4.78 is 0. The van der Waals surface area contributed by atoms with E-state index in [1.807, 2.05) is 23.8 Å². The summed E-state index contributed by atoms with van der Waals surface area (Å²) in [4.78, 5) is 13.5. The number of benzene rings is 1. The largest absolute Gasteiger partial charge is 0.324 e. The van der Waals surface area contributed by atoms with Crippen LogP contribution >= 0.6 is 11.3 Å². The second kappa shape index (κ2) is 4.93. The first-order valence-electron chi connectivity index (χ1n) is 5.45. The van der Waals surface area contributed by atoms with E-state index in [0.717, 1.165) is 16.1 Å². The molecule has 0 bridgehead atoms. The molecule has 0 radical (unpaired) electrons. The van der Waals surface area contributed by atoms with Crippen molar-refractivity contribution >= 4 is 23.0 Å². The van der Waals surface area contributed by atoms with Crippen LogP contribution in [0.1, 0.15) is 0 Å². The summed E-state index contributed by atoms with van der Waals surface area (Å²) in [5, 5.41) is 3.14. The first-order chi connectivity index (χ1) is 8.92. The van der Waals surface area contributed by atoms with Crippen LogP contribution in [0.15, 0.2) is 54.4 Å². The lowest BCUT2D eigenvalue weighted by atomic mass is 10.2. The predicted octanol–water partition coefficient (Wildman–Crippen LogP) is 3.34. The Kier molecular flexibility index (Phi) is 2.97. The van der Waals surface area contributed by atoms with Crippen LogP contribution in [0.5, 0.6) is 0 Å². The lowest BCUT2D eigenvalue weighted by Crippen LogP contribution is -1.95. The van der Waals surface area contributed by atoms with Crippen molar-refractivity contribution in [2.24, 2.45) is 0 Å². The average Bonchev–Trinajstić information content (AvgIpc) is 2.95. The molecular formula is C13H10N4S. The van der Waals surface area contributed by atoms with Crippen LogP contribution in [0.25, 0.3) is 10.4 Å². The zero-order valence-electron chi connectivity index (χ0n) is 9.45. The molecule has 0 saturated carbocycles. The zero-order chi connectivity index (χ0) is 12.2. The average molecular weight is 254 g/mol. The van der Waals surface area contributed by atoms with Gasteiger partial charge in [-0.05, 0) is 23.8 Å². The third-order valence-corrected chi connectivity index (χ3v) is 3.25. The Bertz CT molecular complexity index is 605. The summed E-state index contributed by atoms with van der Waals surface area (Å²) in [5.74, 6) is 0.600. The van der Waals surface area contributed by atoms with Crippen LogP contribution < -0.4 is 5.32 Å². The second-order valence-electron chi connectivity index (χ2n) is 3.64. The standard InChI is InChI=1S/C13H10N4S/c1-6-15-13(16-7-1)17-11-4-2-10(3-5-11)12-8-14-9-18-12/h1-9H,(H,15,16,17). The fourth-order valence-electron chi connectivity index (χ4n) is 1.57. The highest BCUT2D eigenvalue weighted by atomic mass is 32.1. The summed E-state index contributed by atoms with van der Waals surface area (Å²) in [6, 6.07) is 9.91. The molecule has 0 spiro atoms. The number of hydrogen-bond acceptors (Lipinski definition) is 5. The van der Waals surface area contributed by atoms with Gasteiger partial charge in [-0.25, -0.2) is 9.97 Å². The number of anilines is 2. The van der Waals surface area contributed by atoms with E-state index in [-0.39, 0.29) is 0 Å². The fraction of sp³-hybridized carbons (Fsp3) is 0. The number of thiazole rings is 1. The van der Waals surface area contributed by atoms with Gasteiger partial charge >= 0.3 is 0 Å². The lowest BCUT2D eigenvalue weighted by molar-refractivity contribution is 1.17. The number of rotatable bonds is 3. The maximum Gasteiger partial charge on any atom is 0.227 e. The molecule has 0 atom stereocenters. The molecule has 2 heterocycles. The van der Waals surface area contributed by atoms with Crippen LogP contribution in [0.3, 0.4) is 0 Å². The van der Waals surface area contributed by atoms with E-state index < -0.39 is 0 Å². The maximum atomic E-state index is 4.12. The third-order valence-electron chi connectivity index (χ3n) is 2.42. The molecule has 0 saturated heterocycles. The van der Waals surface area contributed by atoms with Crippen molar-refractivity contribution in [1.29, 1.82) is 0 Å². The van der Waals surface area contributed by atoms with Gasteiger partial charge < -0.3 is 5.32 Å². The highest BCUT2D eigenvalue weighted by molar-refractivity contribution is 7.13. The van der Waals surface area contributed by atoms with Crippen LogP contribution in [-0.2, 0) is 0 Å². The van der Waals surface area contributed by atoms with Gasteiger partial charge in [0.1, 0.15) is 0 Å². The minimum absolute atomic E-state index is 0.600. The van der Waals surface area contributed by atoms with Crippen LogP contribution in [-0.4, -0.2) is 15.0 Å². The monoisotopic (exact) mass is 254 g/mol. The van der Waals surface area contributed by atoms with Crippen molar-refractivity contribution < 1.29 is 0 Å². The molecule has 18 heavy (non-hydrogen) atoms. The number of hydrogen-bond donors (Lipinski definition) is 1. The van der Waals surface area contributed by atoms with E-state index in [0.29, 0.717) is 5.95 Å². The van der Waals surface area contributed by atoms with Crippen molar-refractivity contribution in [2.75, 3.05) is 5.32 Å². The van der Waals surface area contributed by atoms with Gasteiger partial charge in [0.15, 0.2) is 0 Å². The van der Waals surface area contributed by atoms with E-state index >= 15 is 0 Å². The molecule has 0 aliphatic rings. The second-order valence-corrected chi connectivity index (χ2v) is 4.53. The summed E-state index contributed by atoms with van der Waals surface area (Å²) in [6.45, 7) is 0. The summed E-state index contributed by atoms with van der Waals surface area (Å²) >= 11 is 1.63. The van der Waals surface area contributed by atoms with Crippen molar-refractivity contribution in [3.63, 3.8) is 0 Å². The number of nitrogens with zero attached hydrogens (tertiary/aromatic N) is 3. The van der Waals surface area contributed by atoms with Crippen LogP contribution in [0.2, 0.25) is 0 Å². The van der Waals surface area contributed by atoms with E-state index in [2.05, 4.69) is 32.4 Å². The van der Waals surface area contributed by atoms with Gasteiger partial charge in [-0.1, -0.05) is 12.1 Å². The molecule has 0 aliphatic carbocycles. The third kappa shape index (κ3) is 2.36. The van der Waals surface area contributed by atoms with Gasteiger partial charge in [0.2, 0.25) is 5.95 Å². The molecule has 0 fully saturated rings. The Hall–Kier alpha value is -2.27. The normalized spacial score (nSPS) is 10.2. The first-order valence-corrected chi connectivity index (χ1v) is 6.33. The Balaban J connectivity index is 1.80. The molecule has 0 aliphatic heterocycles. The van der Waals surface area contributed by atoms with E-state index in [9.17, 15) is 0 Å². The quantitative estimate of drug-likeness (QED) is 0.778. The minimum Gasteiger partial charge on any atom is -0.324 e. The minimum atomic E-state index is 0.600. The van der Waals surface area contributed by atoms with Gasteiger partial charge in [0, 0.05) is 24.3 Å². The summed E-state index contributed by atoms with van der Waals surface area (Å²) in [5.41, 5.74) is 3.96. The van der Waals surface area contributed by atoms with Crippen LogP contribution in [0.4, 0.5) is 11.6 Å². The van der Waals surface area contributed by atoms with Gasteiger partial charge in [0.25, 0.3) is 0 Å². The van der Waals surface area contributed by atoms with E-state index in [1.54, 1.807) is 29.8 Å². The highest BCUT2D eigenvalue weighted by Gasteiger charge is 2.00. The molecule has 0 unspecified atom stereocenters. The lowest BCUT2D eigenvalue weighted by Gasteiger charge is -2.04. The molecule has 2 aromatic heterocycles. The molecule has 5 heteroatoms. The number of nitrogens with one attached hydrogen (secondary N) is 1.